The summed E-state index contributed by atoms with van der Waals surface area (Å²) in [4.78, 5) is 0. The van der Waals surface area contributed by atoms with E-state index in [1.165, 1.54) is 11.1 Å². The molecule has 0 aliphatic heterocycles. The molecule has 0 bridgehead atoms. The molecule has 0 saturated carbocycles. The van der Waals surface area contributed by atoms with Crippen LogP contribution in [0.1, 0.15) is 163 Å². The maximum atomic E-state index is 2.08. The van der Waals surface area contributed by atoms with Crippen LogP contribution in [0.4, 0.5) is 0 Å². The molecule has 2 aromatic carbocycles. The molecule has 0 unspecified atom stereocenters. The summed E-state index contributed by atoms with van der Waals surface area (Å²) in [6, 6.07) is 20.5. The first-order chi connectivity index (χ1) is 17.8. The second kappa shape index (κ2) is 169. The molecule has 0 nitrogen and oxygen atoms in total. The van der Waals surface area contributed by atoms with Gasteiger partial charge >= 0.3 is 0 Å². The van der Waals surface area contributed by atoms with Crippen LogP contribution in [0.25, 0.3) is 0 Å². The first kappa shape index (κ1) is 70.1. The molecule has 2 aromatic rings. The molecule has 0 aliphatic carbocycles. The van der Waals surface area contributed by atoms with Gasteiger partial charge in [-0.05, 0) is 13.8 Å². The van der Waals surface area contributed by atoms with E-state index in [9.17, 15) is 0 Å². The zero-order chi connectivity index (χ0) is 32.2. The van der Waals surface area contributed by atoms with Gasteiger partial charge in [-0.25, -0.2) is 0 Å². The Labute approximate surface area is 237 Å². The summed E-state index contributed by atoms with van der Waals surface area (Å²) in [5.74, 6) is 0. The van der Waals surface area contributed by atoms with Crippen molar-refractivity contribution in [1.29, 1.82) is 0 Å². The van der Waals surface area contributed by atoms with Crippen molar-refractivity contribution >= 4 is 0 Å². The standard InChI is InChI=1S/2C7H8.11C2H6/c2*1-7-5-3-2-4-6-7;11*1-2/h2*2-6H,1H3;11*1-2H3. The summed E-state index contributed by atoms with van der Waals surface area (Å²) in [5, 5.41) is 0. The minimum atomic E-state index is 1.32. The number of hydrogen-bond donors (Lipinski definition) is 0. The van der Waals surface area contributed by atoms with Gasteiger partial charge in [0, 0.05) is 0 Å². The van der Waals surface area contributed by atoms with Crippen molar-refractivity contribution in [3.63, 3.8) is 0 Å². The van der Waals surface area contributed by atoms with Gasteiger partial charge in [-0.3, -0.25) is 0 Å². The summed E-state index contributed by atoms with van der Waals surface area (Å²) >= 11 is 0. The fourth-order valence-electron chi connectivity index (χ4n) is 1.07. The van der Waals surface area contributed by atoms with Gasteiger partial charge in [-0.1, -0.05) is 224 Å². The molecule has 0 fully saturated rings. The van der Waals surface area contributed by atoms with Crippen LogP contribution in [0.5, 0.6) is 0 Å². The van der Waals surface area contributed by atoms with Crippen molar-refractivity contribution < 1.29 is 0 Å². The monoisotopic (exact) mass is 515 g/mol. The summed E-state index contributed by atoms with van der Waals surface area (Å²) in [7, 11) is 0. The molecule has 2 rings (SSSR count). The first-order valence-electron chi connectivity index (χ1n) is 15.8. The molecule has 0 aromatic heterocycles. The predicted molar refractivity (Wildman–Crippen MR) is 187 cm³/mol. The summed E-state index contributed by atoms with van der Waals surface area (Å²) < 4.78 is 0. The smallest absolute Gasteiger partial charge is 0.0398 e. The second-order valence-electron chi connectivity index (χ2n) is 3.31. The summed E-state index contributed by atoms with van der Waals surface area (Å²) in [6.45, 7) is 48.2. The average Bonchev–Trinajstić information content (AvgIpc) is 3.05. The Morgan fingerprint density at radius 1 is 0.222 bits per heavy atom. The molecular formula is C36H82. The van der Waals surface area contributed by atoms with Crippen molar-refractivity contribution in [2.45, 2.75) is 166 Å². The van der Waals surface area contributed by atoms with Crippen LogP contribution in [0.15, 0.2) is 60.7 Å². The van der Waals surface area contributed by atoms with Crippen LogP contribution < -0.4 is 0 Å². The molecule has 226 valence electrons. The lowest BCUT2D eigenvalue weighted by molar-refractivity contribution is 1.48. The van der Waals surface area contributed by atoms with Crippen molar-refractivity contribution in [2.24, 2.45) is 0 Å². The van der Waals surface area contributed by atoms with Gasteiger partial charge < -0.3 is 0 Å². The molecule has 0 heterocycles. The third kappa shape index (κ3) is 154. The van der Waals surface area contributed by atoms with Crippen LogP contribution in [-0.4, -0.2) is 0 Å². The minimum Gasteiger partial charge on any atom is -0.0683 e. The molecule has 0 aliphatic rings. The van der Waals surface area contributed by atoms with Crippen LogP contribution in [0, 0.1) is 13.8 Å². The number of benzene rings is 2. The van der Waals surface area contributed by atoms with E-state index in [2.05, 4.69) is 38.1 Å². The highest BCUT2D eigenvalue weighted by atomic mass is 13.8. The van der Waals surface area contributed by atoms with Gasteiger partial charge in [0.25, 0.3) is 0 Å². The van der Waals surface area contributed by atoms with Crippen molar-refractivity contribution in [2.75, 3.05) is 0 Å². The Morgan fingerprint density at radius 2 is 0.333 bits per heavy atom. The van der Waals surface area contributed by atoms with E-state index in [0.29, 0.717) is 0 Å². The van der Waals surface area contributed by atoms with Crippen LogP contribution in [-0.2, 0) is 0 Å². The Hall–Kier alpha value is -1.56. The normalized spacial score (nSPS) is 5.22. The fourth-order valence-corrected chi connectivity index (χ4v) is 1.07. The van der Waals surface area contributed by atoms with E-state index in [1.807, 2.05) is 189 Å². The molecule has 0 heteroatoms. The van der Waals surface area contributed by atoms with Gasteiger partial charge in [0.05, 0.1) is 0 Å². The molecule has 0 spiro atoms. The van der Waals surface area contributed by atoms with Crippen molar-refractivity contribution in [3.05, 3.63) is 71.8 Å². The Morgan fingerprint density at radius 3 is 0.389 bits per heavy atom. The zero-order valence-corrected chi connectivity index (χ0v) is 30.8. The highest BCUT2D eigenvalue weighted by molar-refractivity contribution is 5.12. The number of rotatable bonds is 0. The molecule has 36 heavy (non-hydrogen) atoms. The highest BCUT2D eigenvalue weighted by Crippen LogP contribution is 1.92. The first-order valence-corrected chi connectivity index (χ1v) is 15.8. The van der Waals surface area contributed by atoms with Crippen LogP contribution in [0.3, 0.4) is 0 Å². The van der Waals surface area contributed by atoms with Crippen molar-refractivity contribution in [1.82, 2.24) is 0 Å². The Kier molecular flexibility index (Phi) is 329. The predicted octanol–water partition coefficient (Wildman–Crippen LogP) is 15.3. The van der Waals surface area contributed by atoms with Crippen LogP contribution in [0.2, 0.25) is 0 Å². The largest absolute Gasteiger partial charge is 0.0683 e. The molecule has 0 radical (unpaired) electrons. The van der Waals surface area contributed by atoms with Gasteiger partial charge in [0.1, 0.15) is 0 Å². The Balaban J connectivity index is -0.0000000224. The van der Waals surface area contributed by atoms with E-state index in [-0.39, 0.29) is 0 Å². The second-order valence-corrected chi connectivity index (χ2v) is 3.31. The van der Waals surface area contributed by atoms with Gasteiger partial charge in [0.2, 0.25) is 0 Å². The zero-order valence-electron chi connectivity index (χ0n) is 30.8. The molecular weight excluding hydrogens is 432 g/mol. The third-order valence-corrected chi connectivity index (χ3v) is 1.88. The van der Waals surface area contributed by atoms with Gasteiger partial charge in [-0.15, -0.1) is 0 Å². The Bertz CT molecular complexity index is 297. The third-order valence-electron chi connectivity index (χ3n) is 1.88. The average molecular weight is 515 g/mol. The van der Waals surface area contributed by atoms with Gasteiger partial charge in [0.15, 0.2) is 0 Å². The number of aryl methyl sites for hydroxylation is 2. The maximum absolute atomic E-state index is 2.08. The quantitative estimate of drug-likeness (QED) is 0.328. The highest BCUT2D eigenvalue weighted by Gasteiger charge is 1.72. The van der Waals surface area contributed by atoms with E-state index < -0.39 is 0 Å². The van der Waals surface area contributed by atoms with Crippen LogP contribution >= 0.6 is 0 Å². The summed E-state index contributed by atoms with van der Waals surface area (Å²) in [5.41, 5.74) is 2.64. The lowest BCUT2D eigenvalue weighted by atomic mass is 10.2. The van der Waals surface area contributed by atoms with Gasteiger partial charge in [-0.2, -0.15) is 0 Å². The molecule has 0 amide bonds. The SMILES string of the molecule is CC.CC.CC.CC.CC.CC.CC.CC.CC.CC.CC.Cc1ccccc1.Cc1ccccc1. The van der Waals surface area contributed by atoms with Crippen molar-refractivity contribution in [3.8, 4) is 0 Å². The van der Waals surface area contributed by atoms with E-state index in [1.54, 1.807) is 0 Å². The van der Waals surface area contributed by atoms with E-state index in [4.69, 9.17) is 0 Å². The topological polar surface area (TPSA) is 0 Å². The minimum absolute atomic E-state index is 1.32. The lowest BCUT2D eigenvalue weighted by Crippen LogP contribution is -1.62. The molecule has 0 saturated heterocycles. The fraction of sp³-hybridized carbons (Fsp3) is 0.667. The molecule has 0 N–H and O–H groups in total. The maximum Gasteiger partial charge on any atom is -0.0398 e. The lowest BCUT2D eigenvalue weighted by Gasteiger charge is -1.82. The van der Waals surface area contributed by atoms with E-state index >= 15 is 0 Å². The summed E-state index contributed by atoms with van der Waals surface area (Å²) in [6.07, 6.45) is 0. The number of hydrogen-bond acceptors (Lipinski definition) is 0. The van der Waals surface area contributed by atoms with E-state index in [0.717, 1.165) is 0 Å². The molecule has 0 atom stereocenters.